The van der Waals surface area contributed by atoms with Crippen molar-refractivity contribution in [1.29, 1.82) is 0 Å². The second-order valence-corrected chi connectivity index (χ2v) is 3.44. The van der Waals surface area contributed by atoms with E-state index in [-0.39, 0.29) is 0 Å². The lowest BCUT2D eigenvalue weighted by atomic mass is 10.2. The molecule has 0 aromatic carbocycles. The van der Waals surface area contributed by atoms with Crippen LogP contribution in [0.2, 0.25) is 0 Å². The summed E-state index contributed by atoms with van der Waals surface area (Å²) >= 11 is 0. The van der Waals surface area contributed by atoms with E-state index in [2.05, 4.69) is 34.1 Å². The molecule has 2 nitrogen and oxygen atoms in total. The first-order chi connectivity index (χ1) is 6.84. The topological polar surface area (TPSA) is 17.8 Å². The van der Waals surface area contributed by atoms with Gasteiger partial charge in [0.1, 0.15) is 0 Å². The van der Waals surface area contributed by atoms with Crippen molar-refractivity contribution in [2.24, 2.45) is 0 Å². The number of rotatable bonds is 3. The predicted molar refractivity (Wildman–Crippen MR) is 57.1 cm³/mol. The van der Waals surface area contributed by atoms with Crippen LogP contribution in [0.25, 0.3) is 0 Å². The summed E-state index contributed by atoms with van der Waals surface area (Å²) in [5.74, 6) is 0. The van der Waals surface area contributed by atoms with Gasteiger partial charge in [-0.1, -0.05) is 6.07 Å². The third-order valence-electron chi connectivity index (χ3n) is 2.24. The SMILES string of the molecule is Cc1cccc(CCn2cccc2)n1. The van der Waals surface area contributed by atoms with E-state index in [4.69, 9.17) is 0 Å². The van der Waals surface area contributed by atoms with Gasteiger partial charge < -0.3 is 4.57 Å². The van der Waals surface area contributed by atoms with Crippen molar-refractivity contribution in [1.82, 2.24) is 9.55 Å². The summed E-state index contributed by atoms with van der Waals surface area (Å²) in [5, 5.41) is 0. The Bertz CT molecular complexity index is 390. The first-order valence-corrected chi connectivity index (χ1v) is 4.88. The molecule has 2 rings (SSSR count). The van der Waals surface area contributed by atoms with E-state index < -0.39 is 0 Å². The summed E-state index contributed by atoms with van der Waals surface area (Å²) in [6.45, 7) is 3.03. The maximum absolute atomic E-state index is 4.46. The van der Waals surface area contributed by atoms with Gasteiger partial charge in [0.05, 0.1) is 0 Å². The minimum Gasteiger partial charge on any atom is -0.354 e. The minimum absolute atomic E-state index is 0.996. The molecule has 0 fully saturated rings. The third kappa shape index (κ3) is 2.22. The molecule has 0 saturated carbocycles. The molecule has 72 valence electrons. The molecule has 2 aromatic heterocycles. The zero-order valence-corrected chi connectivity index (χ0v) is 8.35. The largest absolute Gasteiger partial charge is 0.354 e. The molecular weight excluding hydrogens is 172 g/mol. The molecule has 0 unspecified atom stereocenters. The van der Waals surface area contributed by atoms with Crippen molar-refractivity contribution in [3.05, 3.63) is 54.1 Å². The van der Waals surface area contributed by atoms with Crippen LogP contribution in [0.3, 0.4) is 0 Å². The fourth-order valence-corrected chi connectivity index (χ4v) is 1.50. The summed E-state index contributed by atoms with van der Waals surface area (Å²) in [4.78, 5) is 4.46. The molecular formula is C12H14N2. The molecule has 14 heavy (non-hydrogen) atoms. The summed E-state index contributed by atoms with van der Waals surface area (Å²) in [5.41, 5.74) is 2.26. The van der Waals surface area contributed by atoms with Crippen molar-refractivity contribution in [2.45, 2.75) is 19.9 Å². The highest BCUT2D eigenvalue weighted by Gasteiger charge is 1.95. The minimum atomic E-state index is 0.996. The Kier molecular flexibility index (Phi) is 2.63. The average Bonchev–Trinajstić information content (AvgIpc) is 2.67. The molecule has 0 spiro atoms. The Labute approximate surface area is 84.2 Å². The number of aryl methyl sites for hydroxylation is 3. The highest BCUT2D eigenvalue weighted by Crippen LogP contribution is 2.01. The summed E-state index contributed by atoms with van der Waals surface area (Å²) in [6.07, 6.45) is 5.15. The van der Waals surface area contributed by atoms with Crippen LogP contribution in [0, 0.1) is 6.92 Å². The van der Waals surface area contributed by atoms with Crippen LogP contribution in [0.1, 0.15) is 11.4 Å². The molecule has 0 radical (unpaired) electrons. The van der Waals surface area contributed by atoms with E-state index >= 15 is 0 Å². The fourth-order valence-electron chi connectivity index (χ4n) is 1.50. The summed E-state index contributed by atoms with van der Waals surface area (Å²) in [7, 11) is 0. The lowest BCUT2D eigenvalue weighted by Crippen LogP contribution is -2.00. The Morgan fingerprint density at radius 1 is 1.14 bits per heavy atom. The number of nitrogens with zero attached hydrogens (tertiary/aromatic N) is 2. The normalized spacial score (nSPS) is 10.4. The Hall–Kier alpha value is -1.57. The zero-order chi connectivity index (χ0) is 9.80. The molecule has 0 aliphatic carbocycles. The number of hydrogen-bond acceptors (Lipinski definition) is 1. The van der Waals surface area contributed by atoms with Gasteiger partial charge in [-0.05, 0) is 31.2 Å². The van der Waals surface area contributed by atoms with Crippen LogP contribution < -0.4 is 0 Å². The van der Waals surface area contributed by atoms with Crippen LogP contribution in [-0.2, 0) is 13.0 Å². The fraction of sp³-hybridized carbons (Fsp3) is 0.250. The first kappa shape index (κ1) is 9.00. The Balaban J connectivity index is 1.98. The van der Waals surface area contributed by atoms with Gasteiger partial charge in [-0.15, -0.1) is 0 Å². The smallest absolute Gasteiger partial charge is 0.0424 e. The van der Waals surface area contributed by atoms with Gasteiger partial charge in [-0.25, -0.2) is 0 Å². The quantitative estimate of drug-likeness (QED) is 0.720. The zero-order valence-electron chi connectivity index (χ0n) is 8.35. The van der Waals surface area contributed by atoms with Crippen LogP contribution in [-0.4, -0.2) is 9.55 Å². The van der Waals surface area contributed by atoms with E-state index in [0.717, 1.165) is 18.7 Å². The highest BCUT2D eigenvalue weighted by atomic mass is 14.9. The molecule has 2 aromatic rings. The Morgan fingerprint density at radius 2 is 1.93 bits per heavy atom. The van der Waals surface area contributed by atoms with E-state index in [0.29, 0.717) is 0 Å². The van der Waals surface area contributed by atoms with Crippen LogP contribution in [0.5, 0.6) is 0 Å². The maximum atomic E-state index is 4.46. The molecule has 0 atom stereocenters. The van der Waals surface area contributed by atoms with Crippen LogP contribution >= 0.6 is 0 Å². The molecule has 0 aliphatic rings. The molecule has 0 amide bonds. The van der Waals surface area contributed by atoms with Gasteiger partial charge in [-0.3, -0.25) is 4.98 Å². The van der Waals surface area contributed by atoms with Crippen molar-refractivity contribution < 1.29 is 0 Å². The highest BCUT2D eigenvalue weighted by molar-refractivity contribution is 5.10. The van der Waals surface area contributed by atoms with Gasteiger partial charge in [0.15, 0.2) is 0 Å². The van der Waals surface area contributed by atoms with Crippen molar-refractivity contribution in [3.63, 3.8) is 0 Å². The molecule has 0 bridgehead atoms. The van der Waals surface area contributed by atoms with E-state index in [1.54, 1.807) is 0 Å². The number of hydrogen-bond donors (Lipinski definition) is 0. The standard InChI is InChI=1S/C12H14N2/c1-11-5-4-6-12(13-11)7-10-14-8-2-3-9-14/h2-6,8-9H,7,10H2,1H3. The molecule has 0 aliphatic heterocycles. The van der Waals surface area contributed by atoms with Gasteiger partial charge in [-0.2, -0.15) is 0 Å². The van der Waals surface area contributed by atoms with E-state index in [1.165, 1.54) is 5.69 Å². The van der Waals surface area contributed by atoms with Crippen molar-refractivity contribution in [3.8, 4) is 0 Å². The van der Waals surface area contributed by atoms with Gasteiger partial charge in [0.25, 0.3) is 0 Å². The van der Waals surface area contributed by atoms with Crippen molar-refractivity contribution >= 4 is 0 Å². The molecule has 2 heteroatoms. The molecule has 2 heterocycles. The third-order valence-corrected chi connectivity index (χ3v) is 2.24. The van der Waals surface area contributed by atoms with Gasteiger partial charge in [0, 0.05) is 36.7 Å². The average molecular weight is 186 g/mol. The summed E-state index contributed by atoms with van der Waals surface area (Å²) < 4.78 is 2.17. The number of aromatic nitrogens is 2. The lowest BCUT2D eigenvalue weighted by molar-refractivity contribution is 0.688. The lowest BCUT2D eigenvalue weighted by Gasteiger charge is -2.03. The second-order valence-electron chi connectivity index (χ2n) is 3.44. The maximum Gasteiger partial charge on any atom is 0.0424 e. The molecule has 0 N–H and O–H groups in total. The summed E-state index contributed by atoms with van der Waals surface area (Å²) in [6, 6.07) is 10.3. The van der Waals surface area contributed by atoms with E-state index in [9.17, 15) is 0 Å². The Morgan fingerprint density at radius 3 is 2.64 bits per heavy atom. The van der Waals surface area contributed by atoms with Crippen LogP contribution in [0.4, 0.5) is 0 Å². The molecule has 0 saturated heterocycles. The van der Waals surface area contributed by atoms with Gasteiger partial charge in [0.2, 0.25) is 0 Å². The van der Waals surface area contributed by atoms with Crippen molar-refractivity contribution in [2.75, 3.05) is 0 Å². The monoisotopic (exact) mass is 186 g/mol. The predicted octanol–water partition coefficient (Wildman–Crippen LogP) is 2.43. The second kappa shape index (κ2) is 4.09. The first-order valence-electron chi connectivity index (χ1n) is 4.88. The van der Waals surface area contributed by atoms with Crippen LogP contribution in [0.15, 0.2) is 42.7 Å². The van der Waals surface area contributed by atoms with Gasteiger partial charge >= 0.3 is 0 Å². The number of pyridine rings is 1. The van der Waals surface area contributed by atoms with E-state index in [1.807, 2.05) is 25.1 Å².